The number of hydrogen-bond donors (Lipinski definition) is 0. The Labute approximate surface area is 153 Å². The Morgan fingerprint density at radius 2 is 1.96 bits per heavy atom. The first-order valence-electron chi connectivity index (χ1n) is 9.83. The van der Waals surface area contributed by atoms with Crippen molar-refractivity contribution in [2.24, 2.45) is 34.5 Å². The third-order valence-corrected chi connectivity index (χ3v) is 7.87. The van der Waals surface area contributed by atoms with Crippen molar-refractivity contribution in [1.29, 1.82) is 0 Å². The monoisotopic (exact) mass is 358 g/mol. The summed E-state index contributed by atoms with van der Waals surface area (Å²) in [4.78, 5) is 51.8. The van der Waals surface area contributed by atoms with E-state index in [-0.39, 0.29) is 35.7 Å². The molecule has 1 spiro atoms. The fourth-order valence-corrected chi connectivity index (χ4v) is 6.46. The van der Waals surface area contributed by atoms with E-state index in [1.54, 1.807) is 6.92 Å². The van der Waals surface area contributed by atoms with E-state index in [9.17, 15) is 19.2 Å². The SMILES string of the molecule is C=C1C(=O)[C@]23CC[C@H]1CC2[C@@]1(CCCC)C(=O)OC(=O)[C@@H](C)C1CC3=O. The summed E-state index contributed by atoms with van der Waals surface area (Å²) >= 11 is 0. The average Bonchev–Trinajstić information content (AvgIpc) is 2.63. The van der Waals surface area contributed by atoms with Gasteiger partial charge >= 0.3 is 11.9 Å². The van der Waals surface area contributed by atoms with E-state index in [2.05, 4.69) is 13.5 Å². The van der Waals surface area contributed by atoms with Gasteiger partial charge in [0.15, 0.2) is 5.78 Å². The van der Waals surface area contributed by atoms with Gasteiger partial charge in [0.1, 0.15) is 5.78 Å². The topological polar surface area (TPSA) is 77.5 Å². The summed E-state index contributed by atoms with van der Waals surface area (Å²) in [5.41, 5.74) is -1.46. The standard InChI is InChI=1S/C21H26O5/c1-4-5-7-20-14(12(3)18(24)26-19(20)25)10-16(22)21-8-6-13(9-15(20)21)11(2)17(21)23/h12-15H,2,4-10H2,1,3H3/t12-,13-,14?,15?,20-,21+/m0/s1. The molecule has 4 saturated carbocycles. The molecule has 5 fully saturated rings. The minimum Gasteiger partial charge on any atom is -0.393 e. The van der Waals surface area contributed by atoms with Crippen LogP contribution in [0.25, 0.3) is 0 Å². The predicted molar refractivity (Wildman–Crippen MR) is 92.7 cm³/mol. The third kappa shape index (κ3) is 1.87. The molecule has 0 aromatic carbocycles. The number of hydrogen-bond acceptors (Lipinski definition) is 5. The summed E-state index contributed by atoms with van der Waals surface area (Å²) in [5.74, 6) is -2.43. The molecule has 0 aromatic heterocycles. The van der Waals surface area contributed by atoms with Crippen molar-refractivity contribution >= 4 is 23.5 Å². The van der Waals surface area contributed by atoms with Gasteiger partial charge in [-0.1, -0.05) is 33.3 Å². The summed E-state index contributed by atoms with van der Waals surface area (Å²) in [7, 11) is 0. The van der Waals surface area contributed by atoms with Gasteiger partial charge in [-0.15, -0.1) is 0 Å². The van der Waals surface area contributed by atoms with E-state index < -0.39 is 28.7 Å². The van der Waals surface area contributed by atoms with Crippen molar-refractivity contribution in [2.75, 3.05) is 0 Å². The Bertz CT molecular complexity index is 737. The van der Waals surface area contributed by atoms with Gasteiger partial charge < -0.3 is 4.74 Å². The molecule has 5 aliphatic rings. The molecule has 5 heteroatoms. The van der Waals surface area contributed by atoms with E-state index in [0.717, 1.165) is 19.3 Å². The highest BCUT2D eigenvalue weighted by Gasteiger charge is 2.73. The number of Topliss-reactive ketones (excluding diaryl/α,β-unsaturated/α-hetero) is 2. The van der Waals surface area contributed by atoms with Crippen molar-refractivity contribution < 1.29 is 23.9 Å². The van der Waals surface area contributed by atoms with Gasteiger partial charge in [0.05, 0.1) is 16.7 Å². The van der Waals surface area contributed by atoms with Crippen LogP contribution in [-0.4, -0.2) is 23.5 Å². The maximum Gasteiger partial charge on any atom is 0.320 e. The van der Waals surface area contributed by atoms with Crippen molar-refractivity contribution in [3.63, 3.8) is 0 Å². The zero-order valence-corrected chi connectivity index (χ0v) is 15.5. The summed E-state index contributed by atoms with van der Waals surface area (Å²) in [6.45, 7) is 7.77. The summed E-state index contributed by atoms with van der Waals surface area (Å²) in [6.07, 6.45) is 4.34. The summed E-state index contributed by atoms with van der Waals surface area (Å²) in [6, 6.07) is 0. The minimum absolute atomic E-state index is 0.0418. The molecule has 0 aromatic rings. The number of ether oxygens (including phenoxy) is 1. The van der Waals surface area contributed by atoms with Crippen LogP contribution in [0.5, 0.6) is 0 Å². The van der Waals surface area contributed by atoms with Crippen LogP contribution in [0, 0.1) is 34.5 Å². The average molecular weight is 358 g/mol. The second-order valence-corrected chi connectivity index (χ2v) is 8.72. The highest BCUT2D eigenvalue weighted by atomic mass is 16.6. The normalized spacial score (nSPS) is 44.6. The molecule has 0 amide bonds. The number of rotatable bonds is 3. The number of ketones is 2. The lowest BCUT2D eigenvalue weighted by Gasteiger charge is -2.62. The quantitative estimate of drug-likeness (QED) is 0.440. The van der Waals surface area contributed by atoms with Gasteiger partial charge in [-0.2, -0.15) is 0 Å². The number of esters is 2. The van der Waals surface area contributed by atoms with E-state index in [0.29, 0.717) is 24.8 Å². The van der Waals surface area contributed by atoms with Gasteiger partial charge in [-0.3, -0.25) is 19.2 Å². The largest absolute Gasteiger partial charge is 0.393 e. The fraction of sp³-hybridized carbons (Fsp3) is 0.714. The number of carbonyl (C=O) groups excluding carboxylic acids is 4. The number of unbranched alkanes of at least 4 members (excludes halogenated alkanes) is 1. The minimum atomic E-state index is -1.12. The van der Waals surface area contributed by atoms with Crippen molar-refractivity contribution in [3.05, 3.63) is 12.2 Å². The first-order valence-corrected chi connectivity index (χ1v) is 9.83. The van der Waals surface area contributed by atoms with Crippen LogP contribution in [0.1, 0.15) is 58.8 Å². The zero-order chi connectivity index (χ0) is 18.9. The molecule has 26 heavy (non-hydrogen) atoms. The van der Waals surface area contributed by atoms with Gasteiger partial charge in [-0.05, 0) is 49.0 Å². The lowest BCUT2D eigenvalue weighted by atomic mass is 9.38. The van der Waals surface area contributed by atoms with Crippen LogP contribution in [0.3, 0.4) is 0 Å². The number of fused-ring (bicyclic) bond motifs is 3. The molecule has 1 heterocycles. The van der Waals surface area contributed by atoms with E-state index >= 15 is 0 Å². The van der Waals surface area contributed by atoms with E-state index in [1.807, 2.05) is 0 Å². The van der Waals surface area contributed by atoms with Crippen molar-refractivity contribution in [2.45, 2.75) is 58.8 Å². The summed E-state index contributed by atoms with van der Waals surface area (Å²) in [5, 5.41) is 0. The first kappa shape index (κ1) is 17.6. The maximum atomic E-state index is 13.3. The molecular formula is C21H26O5. The van der Waals surface area contributed by atoms with Crippen LogP contribution in [0.4, 0.5) is 0 Å². The molecule has 140 valence electrons. The molecule has 1 aliphatic heterocycles. The Balaban J connectivity index is 1.90. The molecule has 1 saturated heterocycles. The van der Waals surface area contributed by atoms with Gasteiger partial charge in [0.25, 0.3) is 0 Å². The Hall–Kier alpha value is -1.78. The van der Waals surface area contributed by atoms with Crippen molar-refractivity contribution in [3.8, 4) is 0 Å². The van der Waals surface area contributed by atoms with Crippen LogP contribution in [0.2, 0.25) is 0 Å². The van der Waals surface area contributed by atoms with Crippen LogP contribution in [-0.2, 0) is 23.9 Å². The van der Waals surface area contributed by atoms with Gasteiger partial charge in [0.2, 0.25) is 0 Å². The maximum absolute atomic E-state index is 13.3. The highest BCUT2D eigenvalue weighted by Crippen LogP contribution is 2.68. The molecule has 5 nitrogen and oxygen atoms in total. The lowest BCUT2D eigenvalue weighted by molar-refractivity contribution is -0.209. The molecule has 6 atom stereocenters. The second-order valence-electron chi connectivity index (χ2n) is 8.72. The van der Waals surface area contributed by atoms with E-state index in [1.165, 1.54) is 0 Å². The molecule has 0 N–H and O–H groups in total. The Kier molecular flexibility index (Phi) is 3.80. The number of cyclic esters (lactones) is 2. The van der Waals surface area contributed by atoms with E-state index in [4.69, 9.17) is 4.74 Å². The van der Waals surface area contributed by atoms with Crippen LogP contribution >= 0.6 is 0 Å². The molecule has 4 aliphatic carbocycles. The molecular weight excluding hydrogens is 332 g/mol. The third-order valence-electron chi connectivity index (χ3n) is 7.87. The van der Waals surface area contributed by atoms with Gasteiger partial charge in [0, 0.05) is 6.42 Å². The molecule has 2 unspecified atom stereocenters. The smallest absolute Gasteiger partial charge is 0.320 e. The fourth-order valence-electron chi connectivity index (χ4n) is 6.46. The lowest BCUT2D eigenvalue weighted by Crippen LogP contribution is -2.69. The zero-order valence-electron chi connectivity index (χ0n) is 15.5. The summed E-state index contributed by atoms with van der Waals surface area (Å²) < 4.78 is 5.20. The molecule has 5 rings (SSSR count). The highest BCUT2D eigenvalue weighted by molar-refractivity contribution is 6.17. The number of allylic oxidation sites excluding steroid dienone is 1. The second kappa shape index (κ2) is 5.61. The van der Waals surface area contributed by atoms with Gasteiger partial charge in [-0.25, -0.2) is 0 Å². The van der Waals surface area contributed by atoms with Crippen LogP contribution < -0.4 is 0 Å². The molecule has 2 bridgehead atoms. The van der Waals surface area contributed by atoms with Crippen molar-refractivity contribution in [1.82, 2.24) is 0 Å². The predicted octanol–water partition coefficient (Wildman–Crippen LogP) is 3.01. The van der Waals surface area contributed by atoms with Crippen LogP contribution in [0.15, 0.2) is 12.2 Å². The Morgan fingerprint density at radius 3 is 2.65 bits per heavy atom. The number of carbonyl (C=O) groups is 4. The molecule has 0 radical (unpaired) electrons. The first-order chi connectivity index (χ1) is 12.3. The Morgan fingerprint density at radius 1 is 1.23 bits per heavy atom.